The molecule has 0 fully saturated rings. The van der Waals surface area contributed by atoms with Gasteiger partial charge in [0.15, 0.2) is 0 Å². The van der Waals surface area contributed by atoms with Crippen molar-refractivity contribution in [2.45, 2.75) is 6.42 Å². The molecule has 0 amide bonds. The van der Waals surface area contributed by atoms with Crippen molar-refractivity contribution in [3.05, 3.63) is 72.3 Å². The van der Waals surface area contributed by atoms with Gasteiger partial charge in [-0.3, -0.25) is 0 Å². The molecule has 0 aromatic heterocycles. The maximum atomic E-state index is 5.93. The van der Waals surface area contributed by atoms with Gasteiger partial charge in [-0.05, 0) is 53.6 Å². The highest BCUT2D eigenvalue weighted by Crippen LogP contribution is 2.26. The summed E-state index contributed by atoms with van der Waals surface area (Å²) in [5.74, 6) is 1.71. The number of benzene rings is 3. The van der Waals surface area contributed by atoms with Crippen molar-refractivity contribution in [3.8, 4) is 11.5 Å². The van der Waals surface area contributed by atoms with Crippen molar-refractivity contribution < 1.29 is 4.74 Å². The van der Waals surface area contributed by atoms with Crippen LogP contribution in [-0.4, -0.2) is 6.54 Å². The Morgan fingerprint density at radius 1 is 0.750 bits per heavy atom. The van der Waals surface area contributed by atoms with Gasteiger partial charge in [0.2, 0.25) is 0 Å². The Labute approximate surface area is 118 Å². The van der Waals surface area contributed by atoms with Crippen LogP contribution in [0.3, 0.4) is 0 Å². The Morgan fingerprint density at radius 3 is 2.40 bits per heavy atom. The summed E-state index contributed by atoms with van der Waals surface area (Å²) in [5, 5.41) is 2.40. The predicted octanol–water partition coefficient (Wildman–Crippen LogP) is 4.13. The van der Waals surface area contributed by atoms with E-state index in [2.05, 4.69) is 30.3 Å². The van der Waals surface area contributed by atoms with Gasteiger partial charge in [-0.25, -0.2) is 0 Å². The highest BCUT2D eigenvalue weighted by molar-refractivity contribution is 5.83. The molecule has 2 nitrogen and oxygen atoms in total. The van der Waals surface area contributed by atoms with Crippen LogP contribution in [0, 0.1) is 0 Å². The molecule has 3 aromatic carbocycles. The molecule has 0 aliphatic rings. The first-order chi connectivity index (χ1) is 9.85. The summed E-state index contributed by atoms with van der Waals surface area (Å²) in [6.45, 7) is 0.652. The van der Waals surface area contributed by atoms with Gasteiger partial charge in [-0.2, -0.15) is 0 Å². The Balaban J connectivity index is 1.87. The first-order valence-electron chi connectivity index (χ1n) is 6.81. The summed E-state index contributed by atoms with van der Waals surface area (Å²) in [7, 11) is 0. The summed E-state index contributed by atoms with van der Waals surface area (Å²) >= 11 is 0. The summed E-state index contributed by atoms with van der Waals surface area (Å²) < 4.78 is 5.93. The van der Waals surface area contributed by atoms with Gasteiger partial charge < -0.3 is 10.5 Å². The normalized spacial score (nSPS) is 10.7. The van der Waals surface area contributed by atoms with Gasteiger partial charge in [-0.15, -0.1) is 0 Å². The number of rotatable bonds is 4. The Hall–Kier alpha value is -2.32. The fourth-order valence-corrected chi connectivity index (χ4v) is 2.30. The zero-order chi connectivity index (χ0) is 13.8. The highest BCUT2D eigenvalue weighted by atomic mass is 16.5. The van der Waals surface area contributed by atoms with Gasteiger partial charge in [0.05, 0.1) is 0 Å². The summed E-state index contributed by atoms with van der Waals surface area (Å²) in [5.41, 5.74) is 6.78. The zero-order valence-corrected chi connectivity index (χ0v) is 11.3. The molecule has 20 heavy (non-hydrogen) atoms. The quantitative estimate of drug-likeness (QED) is 0.768. The average molecular weight is 263 g/mol. The van der Waals surface area contributed by atoms with Crippen LogP contribution in [0.5, 0.6) is 11.5 Å². The maximum absolute atomic E-state index is 5.93. The summed E-state index contributed by atoms with van der Waals surface area (Å²) in [4.78, 5) is 0. The van der Waals surface area contributed by atoms with Crippen molar-refractivity contribution in [2.75, 3.05) is 6.54 Å². The first kappa shape index (κ1) is 12.7. The number of fused-ring (bicyclic) bond motifs is 1. The molecule has 0 aliphatic heterocycles. The second-order valence-electron chi connectivity index (χ2n) is 4.80. The van der Waals surface area contributed by atoms with E-state index in [1.807, 2.05) is 36.4 Å². The van der Waals surface area contributed by atoms with Crippen LogP contribution in [-0.2, 0) is 6.42 Å². The van der Waals surface area contributed by atoms with E-state index in [-0.39, 0.29) is 0 Å². The lowest BCUT2D eigenvalue weighted by molar-refractivity contribution is 0.483. The van der Waals surface area contributed by atoms with E-state index in [9.17, 15) is 0 Å². The van der Waals surface area contributed by atoms with E-state index < -0.39 is 0 Å². The van der Waals surface area contributed by atoms with Crippen LogP contribution in [0.1, 0.15) is 5.56 Å². The van der Waals surface area contributed by atoms with Gasteiger partial charge in [0, 0.05) is 0 Å². The summed E-state index contributed by atoms with van der Waals surface area (Å²) in [6, 6.07) is 22.5. The monoisotopic (exact) mass is 263 g/mol. The van der Waals surface area contributed by atoms with Gasteiger partial charge >= 0.3 is 0 Å². The van der Waals surface area contributed by atoms with E-state index >= 15 is 0 Å². The van der Waals surface area contributed by atoms with E-state index in [0.717, 1.165) is 17.9 Å². The number of hydrogen-bond acceptors (Lipinski definition) is 2. The molecule has 0 heterocycles. The SMILES string of the molecule is NCCc1cccc(Oc2ccc3ccccc3c2)c1. The average Bonchev–Trinajstić information content (AvgIpc) is 2.48. The molecule has 2 heteroatoms. The van der Waals surface area contributed by atoms with Crippen LogP contribution < -0.4 is 10.5 Å². The fourth-order valence-electron chi connectivity index (χ4n) is 2.30. The van der Waals surface area contributed by atoms with E-state index in [4.69, 9.17) is 10.5 Å². The third-order valence-corrected chi connectivity index (χ3v) is 3.29. The van der Waals surface area contributed by atoms with Gasteiger partial charge in [0.1, 0.15) is 11.5 Å². The smallest absolute Gasteiger partial charge is 0.128 e. The minimum Gasteiger partial charge on any atom is -0.457 e. The molecule has 0 atom stereocenters. The van der Waals surface area contributed by atoms with E-state index in [0.29, 0.717) is 6.54 Å². The van der Waals surface area contributed by atoms with Crippen LogP contribution >= 0.6 is 0 Å². The molecule has 0 saturated carbocycles. The lowest BCUT2D eigenvalue weighted by atomic mass is 10.1. The van der Waals surface area contributed by atoms with Crippen molar-refractivity contribution >= 4 is 10.8 Å². The number of hydrogen-bond donors (Lipinski definition) is 1. The second-order valence-corrected chi connectivity index (χ2v) is 4.80. The number of ether oxygens (including phenoxy) is 1. The van der Waals surface area contributed by atoms with Crippen LogP contribution in [0.15, 0.2) is 66.7 Å². The molecule has 0 bridgehead atoms. The largest absolute Gasteiger partial charge is 0.457 e. The molecule has 0 spiro atoms. The predicted molar refractivity (Wildman–Crippen MR) is 83.2 cm³/mol. The third-order valence-electron chi connectivity index (χ3n) is 3.29. The molecular formula is C18H17NO. The zero-order valence-electron chi connectivity index (χ0n) is 11.3. The Kier molecular flexibility index (Phi) is 3.66. The number of nitrogens with two attached hydrogens (primary N) is 1. The molecular weight excluding hydrogens is 246 g/mol. The standard InChI is InChI=1S/C18H17NO/c19-11-10-14-4-3-7-17(12-14)20-18-9-8-15-5-1-2-6-16(15)13-18/h1-9,12-13H,10-11,19H2. The highest BCUT2D eigenvalue weighted by Gasteiger charge is 2.00. The molecule has 0 unspecified atom stereocenters. The fraction of sp³-hybridized carbons (Fsp3) is 0.111. The van der Waals surface area contributed by atoms with Crippen molar-refractivity contribution in [2.24, 2.45) is 5.73 Å². The van der Waals surface area contributed by atoms with E-state index in [1.165, 1.54) is 16.3 Å². The summed E-state index contributed by atoms with van der Waals surface area (Å²) in [6.07, 6.45) is 0.870. The molecule has 0 radical (unpaired) electrons. The van der Waals surface area contributed by atoms with Crippen molar-refractivity contribution in [3.63, 3.8) is 0 Å². The molecule has 0 saturated heterocycles. The van der Waals surface area contributed by atoms with Gasteiger partial charge in [-0.1, -0.05) is 42.5 Å². The van der Waals surface area contributed by atoms with Gasteiger partial charge in [0.25, 0.3) is 0 Å². The van der Waals surface area contributed by atoms with Crippen LogP contribution in [0.4, 0.5) is 0 Å². The van der Waals surface area contributed by atoms with E-state index in [1.54, 1.807) is 0 Å². The second kappa shape index (κ2) is 5.76. The molecule has 0 aliphatic carbocycles. The molecule has 100 valence electrons. The Bertz CT molecular complexity index is 721. The Morgan fingerprint density at radius 2 is 1.55 bits per heavy atom. The lowest BCUT2D eigenvalue weighted by Crippen LogP contribution is -2.02. The molecule has 2 N–H and O–H groups in total. The lowest BCUT2D eigenvalue weighted by Gasteiger charge is -2.08. The maximum Gasteiger partial charge on any atom is 0.128 e. The molecule has 3 aromatic rings. The first-order valence-corrected chi connectivity index (χ1v) is 6.81. The van der Waals surface area contributed by atoms with Crippen LogP contribution in [0.25, 0.3) is 10.8 Å². The minimum absolute atomic E-state index is 0.652. The minimum atomic E-state index is 0.652. The van der Waals surface area contributed by atoms with Crippen molar-refractivity contribution in [1.29, 1.82) is 0 Å². The molecule has 3 rings (SSSR count). The third kappa shape index (κ3) is 2.81. The topological polar surface area (TPSA) is 35.2 Å². The van der Waals surface area contributed by atoms with Crippen LogP contribution in [0.2, 0.25) is 0 Å². The van der Waals surface area contributed by atoms with Crippen molar-refractivity contribution in [1.82, 2.24) is 0 Å².